The van der Waals surface area contributed by atoms with Crippen molar-refractivity contribution in [1.29, 1.82) is 0 Å². The van der Waals surface area contributed by atoms with Gasteiger partial charge >= 0.3 is 0 Å². The molecule has 15 heavy (non-hydrogen) atoms. The van der Waals surface area contributed by atoms with Gasteiger partial charge in [0.05, 0.1) is 6.61 Å². The predicted molar refractivity (Wildman–Crippen MR) is 60.6 cm³/mol. The summed E-state index contributed by atoms with van der Waals surface area (Å²) in [5.74, 6) is 0.434. The smallest absolute Gasteiger partial charge is 0.165 e. The Labute approximate surface area is 90.6 Å². The van der Waals surface area contributed by atoms with E-state index < -0.39 is 0 Å². The molecule has 0 aliphatic heterocycles. The van der Waals surface area contributed by atoms with Crippen molar-refractivity contribution in [2.24, 2.45) is 5.92 Å². The van der Waals surface area contributed by atoms with Crippen LogP contribution >= 0.6 is 0 Å². The van der Waals surface area contributed by atoms with Gasteiger partial charge in [0, 0.05) is 0 Å². The highest BCUT2D eigenvalue weighted by Gasteiger charge is 2.04. The monoisotopic (exact) mass is 208 g/mol. The third-order valence-corrected chi connectivity index (χ3v) is 1.95. The summed E-state index contributed by atoms with van der Waals surface area (Å²) < 4.78 is 18.8. The maximum Gasteiger partial charge on any atom is 0.165 e. The third-order valence-electron chi connectivity index (χ3n) is 1.95. The molecule has 0 heterocycles. The van der Waals surface area contributed by atoms with Crippen LogP contribution in [0.4, 0.5) is 4.39 Å². The van der Waals surface area contributed by atoms with E-state index in [2.05, 4.69) is 6.58 Å². The van der Waals surface area contributed by atoms with Gasteiger partial charge in [-0.3, -0.25) is 0 Å². The van der Waals surface area contributed by atoms with Crippen LogP contribution in [-0.2, 0) is 6.42 Å². The number of benzene rings is 1. The molecule has 1 nitrogen and oxygen atoms in total. The van der Waals surface area contributed by atoms with Crippen molar-refractivity contribution in [1.82, 2.24) is 0 Å². The van der Waals surface area contributed by atoms with Crippen LogP contribution in [0.5, 0.6) is 5.75 Å². The molecule has 0 radical (unpaired) electrons. The number of hydrogen-bond acceptors (Lipinski definition) is 1. The second-order valence-corrected chi connectivity index (χ2v) is 3.96. The topological polar surface area (TPSA) is 9.23 Å². The number of hydrogen-bond donors (Lipinski definition) is 0. The van der Waals surface area contributed by atoms with Crippen molar-refractivity contribution in [3.05, 3.63) is 42.2 Å². The molecule has 0 amide bonds. The van der Waals surface area contributed by atoms with E-state index in [9.17, 15) is 4.39 Å². The molecule has 1 rings (SSSR count). The molecule has 1 aromatic carbocycles. The standard InChI is InChI=1S/C13H17FO/c1-4-5-11-6-7-13(12(14)8-11)15-9-10(2)3/h4,6-8,10H,1,5,9H2,2-3H3. The van der Waals surface area contributed by atoms with E-state index in [1.54, 1.807) is 12.1 Å². The Morgan fingerprint density at radius 2 is 2.20 bits per heavy atom. The lowest BCUT2D eigenvalue weighted by molar-refractivity contribution is 0.259. The van der Waals surface area contributed by atoms with Gasteiger partial charge in [0.1, 0.15) is 0 Å². The van der Waals surface area contributed by atoms with E-state index in [4.69, 9.17) is 4.74 Å². The molecular weight excluding hydrogens is 191 g/mol. The summed E-state index contributed by atoms with van der Waals surface area (Å²) in [7, 11) is 0. The molecule has 0 saturated carbocycles. The Morgan fingerprint density at radius 3 is 2.73 bits per heavy atom. The fourth-order valence-corrected chi connectivity index (χ4v) is 1.21. The summed E-state index contributed by atoms with van der Waals surface area (Å²) in [6.45, 7) is 8.22. The van der Waals surface area contributed by atoms with E-state index >= 15 is 0 Å². The molecule has 82 valence electrons. The summed E-state index contributed by atoms with van der Waals surface area (Å²) in [5, 5.41) is 0. The molecule has 0 saturated heterocycles. The molecule has 2 heteroatoms. The van der Waals surface area contributed by atoms with Crippen molar-refractivity contribution in [3.63, 3.8) is 0 Å². The van der Waals surface area contributed by atoms with Crippen LogP contribution in [0.25, 0.3) is 0 Å². The van der Waals surface area contributed by atoms with Crippen LogP contribution in [0.15, 0.2) is 30.9 Å². The lowest BCUT2D eigenvalue weighted by atomic mass is 10.1. The molecular formula is C13H17FO. The minimum atomic E-state index is -0.296. The minimum Gasteiger partial charge on any atom is -0.490 e. The van der Waals surface area contributed by atoms with E-state index in [0.717, 1.165) is 5.56 Å². The highest BCUT2D eigenvalue weighted by Crippen LogP contribution is 2.19. The normalized spacial score (nSPS) is 10.4. The highest BCUT2D eigenvalue weighted by atomic mass is 19.1. The van der Waals surface area contributed by atoms with Crippen LogP contribution in [-0.4, -0.2) is 6.61 Å². The third kappa shape index (κ3) is 3.74. The van der Waals surface area contributed by atoms with Gasteiger partial charge in [-0.2, -0.15) is 0 Å². The average Bonchev–Trinajstić information content (AvgIpc) is 2.17. The molecule has 0 fully saturated rings. The van der Waals surface area contributed by atoms with E-state index in [1.807, 2.05) is 19.9 Å². The predicted octanol–water partition coefficient (Wildman–Crippen LogP) is 3.59. The van der Waals surface area contributed by atoms with Gasteiger partial charge < -0.3 is 4.74 Å². The molecule has 0 spiro atoms. The SMILES string of the molecule is C=CCc1ccc(OCC(C)C)c(F)c1. The summed E-state index contributed by atoms with van der Waals surface area (Å²) >= 11 is 0. The van der Waals surface area contributed by atoms with E-state index in [-0.39, 0.29) is 5.82 Å². The quantitative estimate of drug-likeness (QED) is 0.672. The first-order valence-corrected chi connectivity index (χ1v) is 5.15. The molecule has 0 N–H and O–H groups in total. The van der Waals surface area contributed by atoms with E-state index in [0.29, 0.717) is 24.7 Å². The van der Waals surface area contributed by atoms with Crippen LogP contribution in [0.3, 0.4) is 0 Å². The Hall–Kier alpha value is -1.31. The summed E-state index contributed by atoms with van der Waals surface area (Å²) in [4.78, 5) is 0. The van der Waals surface area contributed by atoms with Gasteiger partial charge in [-0.25, -0.2) is 4.39 Å². The van der Waals surface area contributed by atoms with Gasteiger partial charge in [0.15, 0.2) is 11.6 Å². The largest absolute Gasteiger partial charge is 0.490 e. The highest BCUT2D eigenvalue weighted by molar-refractivity contribution is 5.30. The zero-order valence-corrected chi connectivity index (χ0v) is 9.29. The van der Waals surface area contributed by atoms with Crippen molar-refractivity contribution in [2.75, 3.05) is 6.61 Å². The summed E-state index contributed by atoms with van der Waals surface area (Å²) in [6, 6.07) is 5.04. The first-order valence-electron chi connectivity index (χ1n) is 5.15. The molecule has 0 atom stereocenters. The van der Waals surface area contributed by atoms with Crippen LogP contribution < -0.4 is 4.74 Å². The summed E-state index contributed by atoms with van der Waals surface area (Å²) in [5.41, 5.74) is 0.916. The van der Waals surface area contributed by atoms with Gasteiger partial charge in [-0.1, -0.05) is 26.0 Å². The fraction of sp³-hybridized carbons (Fsp3) is 0.385. The molecule has 0 aromatic heterocycles. The maximum absolute atomic E-state index is 13.5. The molecule has 0 unspecified atom stereocenters. The van der Waals surface area contributed by atoms with Gasteiger partial charge in [0.2, 0.25) is 0 Å². The Balaban J connectivity index is 2.70. The van der Waals surface area contributed by atoms with Gasteiger partial charge in [0.25, 0.3) is 0 Å². The average molecular weight is 208 g/mol. The Bertz CT molecular complexity index is 331. The molecule has 0 aliphatic rings. The number of rotatable bonds is 5. The lowest BCUT2D eigenvalue weighted by Crippen LogP contribution is -2.05. The fourth-order valence-electron chi connectivity index (χ4n) is 1.21. The Morgan fingerprint density at radius 1 is 1.47 bits per heavy atom. The lowest BCUT2D eigenvalue weighted by Gasteiger charge is -2.10. The molecule has 0 aliphatic carbocycles. The van der Waals surface area contributed by atoms with Crippen molar-refractivity contribution in [3.8, 4) is 5.75 Å². The van der Waals surface area contributed by atoms with Crippen molar-refractivity contribution < 1.29 is 9.13 Å². The van der Waals surface area contributed by atoms with Crippen molar-refractivity contribution >= 4 is 0 Å². The van der Waals surface area contributed by atoms with E-state index in [1.165, 1.54) is 6.07 Å². The second kappa shape index (κ2) is 5.54. The summed E-state index contributed by atoms with van der Waals surface area (Å²) in [6.07, 6.45) is 2.44. The minimum absolute atomic E-state index is 0.296. The zero-order valence-electron chi connectivity index (χ0n) is 9.29. The number of ether oxygens (including phenoxy) is 1. The van der Waals surface area contributed by atoms with Crippen LogP contribution in [0, 0.1) is 11.7 Å². The molecule has 1 aromatic rings. The Kier molecular flexibility index (Phi) is 4.35. The molecule has 0 bridgehead atoms. The van der Waals surface area contributed by atoms with Gasteiger partial charge in [-0.05, 0) is 30.0 Å². The van der Waals surface area contributed by atoms with Crippen molar-refractivity contribution in [2.45, 2.75) is 20.3 Å². The zero-order chi connectivity index (χ0) is 11.3. The first-order chi connectivity index (χ1) is 7.13. The second-order valence-electron chi connectivity index (χ2n) is 3.96. The van der Waals surface area contributed by atoms with Crippen LogP contribution in [0.2, 0.25) is 0 Å². The number of allylic oxidation sites excluding steroid dienone is 1. The van der Waals surface area contributed by atoms with Gasteiger partial charge in [-0.15, -0.1) is 6.58 Å². The first kappa shape index (κ1) is 11.8. The number of halogens is 1. The maximum atomic E-state index is 13.5. The van der Waals surface area contributed by atoms with Crippen LogP contribution in [0.1, 0.15) is 19.4 Å².